The molecule has 0 saturated carbocycles. The van der Waals surface area contributed by atoms with E-state index >= 15 is 0 Å². The predicted molar refractivity (Wildman–Crippen MR) is 108 cm³/mol. The smallest absolute Gasteiger partial charge is 0.317 e. The first-order chi connectivity index (χ1) is 12.2. The molecule has 2 fully saturated rings. The van der Waals surface area contributed by atoms with E-state index in [0.717, 1.165) is 32.5 Å². The van der Waals surface area contributed by atoms with Crippen molar-refractivity contribution in [2.24, 2.45) is 5.92 Å². The van der Waals surface area contributed by atoms with Crippen LogP contribution in [-0.4, -0.2) is 52.2 Å². The highest BCUT2D eigenvalue weighted by molar-refractivity contribution is 8.01. The molecule has 1 aromatic rings. The number of nitrogens with zero attached hydrogens (tertiary/aromatic N) is 2. The first-order valence-electron chi connectivity index (χ1n) is 9.31. The monoisotopic (exact) mass is 395 g/mol. The molecular formula is C19H29N3O2S2. The van der Waals surface area contributed by atoms with E-state index in [1.54, 1.807) is 23.1 Å². The number of amides is 3. The molecule has 2 unspecified atom stereocenters. The Bertz CT molecular complexity index is 634. The van der Waals surface area contributed by atoms with Gasteiger partial charge in [-0.25, -0.2) is 4.79 Å². The third kappa shape index (κ3) is 4.55. The maximum atomic E-state index is 12.6. The van der Waals surface area contributed by atoms with Gasteiger partial charge in [-0.2, -0.15) is 0 Å². The molecule has 5 nitrogen and oxygen atoms in total. The fourth-order valence-corrected chi connectivity index (χ4v) is 5.75. The van der Waals surface area contributed by atoms with Crippen LogP contribution in [-0.2, 0) is 4.79 Å². The Morgan fingerprint density at radius 2 is 2.00 bits per heavy atom. The number of piperidine rings is 1. The van der Waals surface area contributed by atoms with E-state index in [9.17, 15) is 9.59 Å². The average molecular weight is 396 g/mol. The summed E-state index contributed by atoms with van der Waals surface area (Å²) < 4.78 is 0. The highest BCUT2D eigenvalue weighted by Crippen LogP contribution is 2.45. The summed E-state index contributed by atoms with van der Waals surface area (Å²) in [7, 11) is 0. The van der Waals surface area contributed by atoms with Gasteiger partial charge < -0.3 is 15.1 Å². The molecule has 0 bridgehead atoms. The van der Waals surface area contributed by atoms with Crippen molar-refractivity contribution in [2.45, 2.75) is 56.7 Å². The van der Waals surface area contributed by atoms with Crippen molar-refractivity contribution in [3.05, 3.63) is 22.4 Å². The maximum Gasteiger partial charge on any atom is 0.317 e. The van der Waals surface area contributed by atoms with Crippen LogP contribution in [0.5, 0.6) is 0 Å². The summed E-state index contributed by atoms with van der Waals surface area (Å²) in [5.41, 5.74) is -0.211. The van der Waals surface area contributed by atoms with Crippen molar-refractivity contribution < 1.29 is 9.59 Å². The molecule has 144 valence electrons. The van der Waals surface area contributed by atoms with Crippen molar-refractivity contribution in [3.63, 3.8) is 0 Å². The molecule has 2 aliphatic heterocycles. The molecule has 0 aliphatic carbocycles. The van der Waals surface area contributed by atoms with Gasteiger partial charge in [0.05, 0.1) is 5.25 Å². The van der Waals surface area contributed by atoms with E-state index < -0.39 is 0 Å². The second kappa shape index (κ2) is 7.80. The summed E-state index contributed by atoms with van der Waals surface area (Å²) in [6.07, 6.45) is 1.91. The standard InChI is InChI=1S/C19H29N3O2S2/c1-13-16(23)22(17(26-13)15-6-5-11-25-15)12-14-7-9-21(10-8-14)18(24)20-19(2,3)4/h5-6,11,13-14,17H,7-10,12H2,1-4H3,(H,20,24). The van der Waals surface area contributed by atoms with E-state index in [2.05, 4.69) is 27.7 Å². The lowest BCUT2D eigenvalue weighted by molar-refractivity contribution is -0.130. The van der Waals surface area contributed by atoms with Crippen molar-refractivity contribution in [1.29, 1.82) is 0 Å². The summed E-state index contributed by atoms with van der Waals surface area (Å²) in [6, 6.07) is 4.20. The SMILES string of the molecule is CC1SC(c2cccs2)N(CC2CCN(C(=O)NC(C)(C)C)CC2)C1=O. The van der Waals surface area contributed by atoms with Gasteiger partial charge in [-0.3, -0.25) is 4.79 Å². The molecule has 7 heteroatoms. The van der Waals surface area contributed by atoms with Gasteiger partial charge in [0, 0.05) is 30.1 Å². The zero-order valence-corrected chi connectivity index (χ0v) is 17.7. The van der Waals surface area contributed by atoms with Gasteiger partial charge in [-0.1, -0.05) is 6.07 Å². The molecule has 2 atom stereocenters. The number of thioether (sulfide) groups is 1. The van der Waals surface area contributed by atoms with Crippen LogP contribution in [0.25, 0.3) is 0 Å². The molecule has 3 amide bonds. The molecule has 0 aromatic carbocycles. The zero-order valence-electron chi connectivity index (χ0n) is 16.0. The number of hydrogen-bond acceptors (Lipinski definition) is 4. The lowest BCUT2D eigenvalue weighted by Crippen LogP contribution is -2.51. The van der Waals surface area contributed by atoms with Crippen LogP contribution >= 0.6 is 23.1 Å². The topological polar surface area (TPSA) is 52.6 Å². The van der Waals surface area contributed by atoms with Crippen LogP contribution in [0.15, 0.2) is 17.5 Å². The second-order valence-corrected chi connectivity index (χ2v) is 10.7. The van der Waals surface area contributed by atoms with E-state index in [1.807, 2.05) is 32.6 Å². The highest BCUT2D eigenvalue weighted by atomic mass is 32.2. The predicted octanol–water partition coefficient (Wildman–Crippen LogP) is 3.93. The fraction of sp³-hybridized carbons (Fsp3) is 0.684. The molecule has 26 heavy (non-hydrogen) atoms. The summed E-state index contributed by atoms with van der Waals surface area (Å²) in [5.74, 6) is 0.715. The number of urea groups is 1. The molecule has 2 saturated heterocycles. The molecular weight excluding hydrogens is 366 g/mol. The Kier molecular flexibility index (Phi) is 5.87. The minimum atomic E-state index is -0.211. The van der Waals surface area contributed by atoms with Gasteiger partial charge in [-0.15, -0.1) is 23.1 Å². The van der Waals surface area contributed by atoms with Crippen molar-refractivity contribution in [1.82, 2.24) is 15.1 Å². The number of likely N-dealkylation sites (tertiary alicyclic amines) is 1. The fourth-order valence-electron chi connectivity index (χ4n) is 3.51. The zero-order chi connectivity index (χ0) is 18.9. The largest absolute Gasteiger partial charge is 0.333 e. The highest BCUT2D eigenvalue weighted by Gasteiger charge is 2.40. The minimum absolute atomic E-state index is 0.0221. The normalized spacial score (nSPS) is 25.0. The Morgan fingerprint density at radius 3 is 2.58 bits per heavy atom. The summed E-state index contributed by atoms with van der Waals surface area (Å²) in [5, 5.41) is 5.29. The lowest BCUT2D eigenvalue weighted by atomic mass is 9.96. The van der Waals surface area contributed by atoms with E-state index in [1.165, 1.54) is 4.88 Å². The van der Waals surface area contributed by atoms with Crippen LogP contribution in [0.1, 0.15) is 50.8 Å². The molecule has 0 spiro atoms. The Morgan fingerprint density at radius 1 is 1.31 bits per heavy atom. The van der Waals surface area contributed by atoms with E-state index in [-0.39, 0.29) is 28.1 Å². The molecule has 2 aliphatic rings. The molecule has 1 aromatic heterocycles. The van der Waals surface area contributed by atoms with Gasteiger partial charge in [0.15, 0.2) is 0 Å². The quantitative estimate of drug-likeness (QED) is 0.844. The van der Waals surface area contributed by atoms with E-state index in [4.69, 9.17) is 0 Å². The summed E-state index contributed by atoms with van der Waals surface area (Å²) in [6.45, 7) is 10.3. The van der Waals surface area contributed by atoms with Gasteiger partial charge in [0.2, 0.25) is 5.91 Å². The van der Waals surface area contributed by atoms with Crippen LogP contribution < -0.4 is 5.32 Å². The van der Waals surface area contributed by atoms with E-state index in [0.29, 0.717) is 5.92 Å². The third-order valence-corrected chi connectivity index (χ3v) is 7.32. The molecule has 0 radical (unpaired) electrons. The van der Waals surface area contributed by atoms with Gasteiger partial charge in [0.25, 0.3) is 0 Å². The summed E-state index contributed by atoms with van der Waals surface area (Å²) >= 11 is 3.48. The minimum Gasteiger partial charge on any atom is -0.333 e. The Hall–Kier alpha value is -1.21. The Balaban J connectivity index is 1.56. The number of carbonyl (C=O) groups is 2. The molecule has 3 heterocycles. The van der Waals surface area contributed by atoms with Crippen LogP contribution in [0.3, 0.4) is 0 Å². The number of carbonyl (C=O) groups excluding carboxylic acids is 2. The van der Waals surface area contributed by atoms with Gasteiger partial charge in [0.1, 0.15) is 5.37 Å². The number of hydrogen-bond donors (Lipinski definition) is 1. The molecule has 1 N–H and O–H groups in total. The van der Waals surface area contributed by atoms with Crippen LogP contribution in [0, 0.1) is 5.92 Å². The first-order valence-corrected chi connectivity index (χ1v) is 11.1. The van der Waals surface area contributed by atoms with Crippen molar-refractivity contribution in [3.8, 4) is 0 Å². The Labute approximate surface area is 164 Å². The number of nitrogens with one attached hydrogen (secondary N) is 1. The number of rotatable bonds is 3. The number of thiophene rings is 1. The third-order valence-electron chi connectivity index (χ3n) is 4.87. The first kappa shape index (κ1) is 19.5. The van der Waals surface area contributed by atoms with Crippen molar-refractivity contribution in [2.75, 3.05) is 19.6 Å². The average Bonchev–Trinajstić information content (AvgIpc) is 3.18. The van der Waals surface area contributed by atoms with Crippen molar-refractivity contribution >= 4 is 35.0 Å². The van der Waals surface area contributed by atoms with Crippen LogP contribution in [0.4, 0.5) is 4.79 Å². The second-order valence-electron chi connectivity index (χ2n) is 8.25. The van der Waals surface area contributed by atoms with Gasteiger partial charge >= 0.3 is 6.03 Å². The van der Waals surface area contributed by atoms with Gasteiger partial charge in [-0.05, 0) is 57.9 Å². The summed E-state index contributed by atoms with van der Waals surface area (Å²) in [4.78, 5) is 30.2. The lowest BCUT2D eigenvalue weighted by Gasteiger charge is -2.36. The maximum absolute atomic E-state index is 12.6. The molecule has 3 rings (SSSR count). The van der Waals surface area contributed by atoms with Crippen LogP contribution in [0.2, 0.25) is 0 Å².